The number of hydrogen-bond acceptors (Lipinski definition) is 5. The molecule has 3 aromatic rings. The van der Waals surface area contributed by atoms with E-state index < -0.39 is 5.97 Å². The van der Waals surface area contributed by atoms with Gasteiger partial charge in [-0.15, -0.1) is 0 Å². The van der Waals surface area contributed by atoms with Crippen molar-refractivity contribution < 1.29 is 9.90 Å². The first kappa shape index (κ1) is 23.8. The molecule has 1 saturated carbocycles. The van der Waals surface area contributed by atoms with E-state index in [0.29, 0.717) is 23.4 Å². The van der Waals surface area contributed by atoms with Crippen molar-refractivity contribution in [2.24, 2.45) is 11.8 Å². The number of carboxylic acid groups (broad SMARTS) is 1. The molecule has 1 N–H and O–H groups in total. The first-order chi connectivity index (χ1) is 16.9. The number of aromatic nitrogens is 3. The van der Waals surface area contributed by atoms with E-state index in [-0.39, 0.29) is 5.69 Å². The average molecular weight is 476 g/mol. The minimum Gasteiger partial charge on any atom is -0.477 e. The molecule has 7 heteroatoms. The van der Waals surface area contributed by atoms with Gasteiger partial charge in [-0.05, 0) is 68.8 Å². The van der Waals surface area contributed by atoms with Gasteiger partial charge < -0.3 is 14.9 Å². The summed E-state index contributed by atoms with van der Waals surface area (Å²) in [6.45, 7) is 8.92. The lowest BCUT2D eigenvalue weighted by atomic mass is 9.82. The summed E-state index contributed by atoms with van der Waals surface area (Å²) in [6, 6.07) is 11.7. The Balaban J connectivity index is 1.52. The second-order valence-electron chi connectivity index (χ2n) is 10.8. The molecule has 3 heterocycles. The smallest absolute Gasteiger partial charge is 0.354 e. The number of aromatic carboxylic acids is 1. The van der Waals surface area contributed by atoms with E-state index in [9.17, 15) is 9.90 Å². The molecule has 35 heavy (non-hydrogen) atoms. The van der Waals surface area contributed by atoms with Crippen molar-refractivity contribution in [2.45, 2.75) is 51.9 Å². The molecular formula is C28H37N5O2. The van der Waals surface area contributed by atoms with Crippen LogP contribution in [-0.4, -0.2) is 64.0 Å². The standard InChI is InChI=1S/C28H37N5O2/c1-19(2)17-32-14-12-20(13-15-32)18-31(3)24-16-23(28(34)35)29-27-25(24)26(21-8-7-9-21)30-33(27)22-10-5-4-6-11-22/h4-6,10-11,16,19-21H,7-9,12-15,17-18H2,1-3H3,(H,34,35). The van der Waals surface area contributed by atoms with Crippen molar-refractivity contribution >= 4 is 22.7 Å². The average Bonchev–Trinajstić information content (AvgIpc) is 3.18. The summed E-state index contributed by atoms with van der Waals surface area (Å²) in [6.07, 6.45) is 5.81. The molecule has 2 fully saturated rings. The fourth-order valence-electron chi connectivity index (χ4n) is 5.60. The topological polar surface area (TPSA) is 74.5 Å². The van der Waals surface area contributed by atoms with Gasteiger partial charge >= 0.3 is 5.97 Å². The number of likely N-dealkylation sites (tertiary alicyclic amines) is 1. The third-order valence-electron chi connectivity index (χ3n) is 7.63. The monoisotopic (exact) mass is 475 g/mol. The van der Waals surface area contributed by atoms with E-state index in [1.165, 1.54) is 25.8 Å². The van der Waals surface area contributed by atoms with Crippen LogP contribution in [0.2, 0.25) is 0 Å². The zero-order valence-electron chi connectivity index (χ0n) is 21.2. The van der Waals surface area contributed by atoms with Gasteiger partial charge in [0.1, 0.15) is 0 Å². The number of benzene rings is 1. The number of piperidine rings is 1. The molecular weight excluding hydrogens is 438 g/mol. The lowest BCUT2D eigenvalue weighted by Crippen LogP contribution is -2.39. The maximum atomic E-state index is 12.1. The minimum atomic E-state index is -1.01. The highest BCUT2D eigenvalue weighted by Crippen LogP contribution is 2.42. The van der Waals surface area contributed by atoms with Crippen molar-refractivity contribution in [1.82, 2.24) is 19.7 Å². The Bertz CT molecular complexity index is 1180. The quantitative estimate of drug-likeness (QED) is 0.483. The van der Waals surface area contributed by atoms with Crippen molar-refractivity contribution in [1.29, 1.82) is 0 Å². The molecule has 0 radical (unpaired) electrons. The Kier molecular flexibility index (Phi) is 6.78. The lowest BCUT2D eigenvalue weighted by molar-refractivity contribution is 0.0691. The van der Waals surface area contributed by atoms with E-state index in [4.69, 9.17) is 5.10 Å². The van der Waals surface area contributed by atoms with Crippen LogP contribution in [0.3, 0.4) is 0 Å². The molecule has 1 aliphatic carbocycles. The van der Waals surface area contributed by atoms with Crippen LogP contribution in [0.25, 0.3) is 16.7 Å². The van der Waals surface area contributed by atoms with E-state index in [0.717, 1.165) is 54.9 Å². The fourth-order valence-corrected chi connectivity index (χ4v) is 5.60. The molecule has 0 spiro atoms. The van der Waals surface area contributed by atoms with Crippen LogP contribution in [0.5, 0.6) is 0 Å². The van der Waals surface area contributed by atoms with Crippen molar-refractivity contribution in [3.05, 3.63) is 47.8 Å². The molecule has 0 bridgehead atoms. The second-order valence-corrected chi connectivity index (χ2v) is 10.8. The predicted octanol–water partition coefficient (Wildman–Crippen LogP) is 5.19. The Labute approximate surface area is 207 Å². The van der Waals surface area contributed by atoms with E-state index >= 15 is 0 Å². The van der Waals surface area contributed by atoms with Crippen LogP contribution in [0.15, 0.2) is 36.4 Å². The van der Waals surface area contributed by atoms with Gasteiger partial charge in [0.15, 0.2) is 11.3 Å². The maximum absolute atomic E-state index is 12.1. The van der Waals surface area contributed by atoms with E-state index in [2.05, 4.69) is 35.7 Å². The van der Waals surface area contributed by atoms with Crippen LogP contribution in [0, 0.1) is 11.8 Å². The number of hydrogen-bond donors (Lipinski definition) is 1. The van der Waals surface area contributed by atoms with Gasteiger partial charge in [-0.1, -0.05) is 38.5 Å². The van der Waals surface area contributed by atoms with Gasteiger partial charge in [-0.3, -0.25) is 0 Å². The number of rotatable bonds is 8. The fraction of sp³-hybridized carbons (Fsp3) is 0.536. The minimum absolute atomic E-state index is 0.0725. The molecule has 1 aromatic carbocycles. The highest BCUT2D eigenvalue weighted by atomic mass is 16.4. The molecule has 1 saturated heterocycles. The number of para-hydroxylation sites is 1. The zero-order valence-corrected chi connectivity index (χ0v) is 21.2. The molecule has 186 valence electrons. The molecule has 0 unspecified atom stereocenters. The van der Waals surface area contributed by atoms with Crippen LogP contribution in [-0.2, 0) is 0 Å². The summed E-state index contributed by atoms with van der Waals surface area (Å²) in [7, 11) is 2.10. The third kappa shape index (κ3) is 4.92. The zero-order chi connectivity index (χ0) is 24.5. The highest BCUT2D eigenvalue weighted by molar-refractivity contribution is 5.98. The Morgan fingerprint density at radius 2 is 1.86 bits per heavy atom. The van der Waals surface area contributed by atoms with Gasteiger partial charge in [0.05, 0.1) is 22.5 Å². The van der Waals surface area contributed by atoms with Crippen LogP contribution < -0.4 is 4.90 Å². The molecule has 7 nitrogen and oxygen atoms in total. The number of nitrogens with zero attached hydrogens (tertiary/aromatic N) is 5. The number of carboxylic acids is 1. The summed E-state index contributed by atoms with van der Waals surface area (Å²) in [4.78, 5) is 21.5. The molecule has 2 aliphatic rings. The van der Waals surface area contributed by atoms with Gasteiger partial charge in [-0.25, -0.2) is 14.5 Å². The Hall–Kier alpha value is -2.93. The highest BCUT2D eigenvalue weighted by Gasteiger charge is 2.30. The SMILES string of the molecule is CC(C)CN1CCC(CN(C)c2cc(C(=O)O)nc3c2c(C2CCC2)nn3-c2ccccc2)CC1. The Morgan fingerprint density at radius 1 is 1.14 bits per heavy atom. The van der Waals surface area contributed by atoms with E-state index in [1.807, 2.05) is 35.0 Å². The first-order valence-electron chi connectivity index (χ1n) is 13.1. The number of carbonyl (C=O) groups is 1. The van der Waals surface area contributed by atoms with Gasteiger partial charge in [0.25, 0.3) is 0 Å². The predicted molar refractivity (Wildman–Crippen MR) is 140 cm³/mol. The van der Waals surface area contributed by atoms with E-state index in [1.54, 1.807) is 6.07 Å². The third-order valence-corrected chi connectivity index (χ3v) is 7.63. The summed E-state index contributed by atoms with van der Waals surface area (Å²) in [5.74, 6) is 0.692. The summed E-state index contributed by atoms with van der Waals surface area (Å²) in [5, 5.41) is 15.9. The van der Waals surface area contributed by atoms with Gasteiger partial charge in [0.2, 0.25) is 0 Å². The molecule has 0 amide bonds. The van der Waals surface area contributed by atoms with Crippen LogP contribution in [0.1, 0.15) is 68.1 Å². The molecule has 0 atom stereocenters. The van der Waals surface area contributed by atoms with Crippen molar-refractivity contribution in [3.8, 4) is 5.69 Å². The van der Waals surface area contributed by atoms with Crippen molar-refractivity contribution in [2.75, 3.05) is 38.1 Å². The lowest BCUT2D eigenvalue weighted by Gasteiger charge is -2.35. The summed E-state index contributed by atoms with van der Waals surface area (Å²) >= 11 is 0. The van der Waals surface area contributed by atoms with Crippen molar-refractivity contribution in [3.63, 3.8) is 0 Å². The maximum Gasteiger partial charge on any atom is 0.354 e. The van der Waals surface area contributed by atoms with Crippen LogP contribution in [0.4, 0.5) is 5.69 Å². The molecule has 2 aromatic heterocycles. The largest absolute Gasteiger partial charge is 0.477 e. The second kappa shape index (κ2) is 9.97. The normalized spacial score (nSPS) is 17.7. The summed E-state index contributed by atoms with van der Waals surface area (Å²) in [5.41, 5.74) is 3.63. The van der Waals surface area contributed by atoms with Gasteiger partial charge in [0, 0.05) is 26.1 Å². The molecule has 1 aliphatic heterocycles. The van der Waals surface area contributed by atoms with Gasteiger partial charge in [-0.2, -0.15) is 5.10 Å². The molecule has 5 rings (SSSR count). The Morgan fingerprint density at radius 3 is 2.46 bits per heavy atom. The summed E-state index contributed by atoms with van der Waals surface area (Å²) < 4.78 is 1.84. The number of pyridine rings is 1. The number of fused-ring (bicyclic) bond motifs is 1. The first-order valence-corrected chi connectivity index (χ1v) is 13.1. The van der Waals surface area contributed by atoms with Crippen LogP contribution >= 0.6 is 0 Å². The number of anilines is 1.